The molecule has 0 atom stereocenters. The Balaban J connectivity index is 2.20. The molecule has 2 aromatic heterocycles. The van der Waals surface area contributed by atoms with E-state index >= 15 is 0 Å². The van der Waals surface area contributed by atoms with Gasteiger partial charge in [0, 0.05) is 12.7 Å². The van der Waals surface area contributed by atoms with Crippen molar-refractivity contribution in [3.05, 3.63) is 28.9 Å². The van der Waals surface area contributed by atoms with Gasteiger partial charge in [0.25, 0.3) is 0 Å². The number of nitrogens with zero attached hydrogens (tertiary/aromatic N) is 3. The average Bonchev–Trinajstić information content (AvgIpc) is 2.83. The second-order valence-corrected chi connectivity index (χ2v) is 5.11. The highest BCUT2D eigenvalue weighted by molar-refractivity contribution is 9.10. The van der Waals surface area contributed by atoms with Crippen LogP contribution in [0.15, 0.2) is 23.2 Å². The van der Waals surface area contributed by atoms with Crippen LogP contribution in [0.3, 0.4) is 0 Å². The minimum atomic E-state index is -1.10. The Morgan fingerprint density at radius 2 is 1.84 bits per heavy atom. The van der Waals surface area contributed by atoms with Gasteiger partial charge in [-0.25, -0.2) is 9.97 Å². The highest BCUT2D eigenvalue weighted by Gasteiger charge is 2.27. The van der Waals surface area contributed by atoms with Crippen LogP contribution in [0.2, 0.25) is 0 Å². The molecule has 0 unspecified atom stereocenters. The zero-order valence-corrected chi connectivity index (χ0v) is 11.7. The van der Waals surface area contributed by atoms with Crippen LogP contribution in [0.1, 0.15) is 5.69 Å². The van der Waals surface area contributed by atoms with Crippen molar-refractivity contribution in [2.24, 2.45) is 0 Å². The Bertz CT molecular complexity index is 548. The predicted octanol–water partition coefficient (Wildman–Crippen LogP) is -0.703. The third kappa shape index (κ3) is 2.93. The molecule has 0 aliphatic heterocycles. The minimum absolute atomic E-state index is 0.347. The van der Waals surface area contributed by atoms with Gasteiger partial charge in [-0.15, -0.1) is 0 Å². The van der Waals surface area contributed by atoms with E-state index in [0.29, 0.717) is 16.8 Å². The van der Waals surface area contributed by atoms with E-state index in [-0.39, 0.29) is 19.8 Å². The summed E-state index contributed by atoms with van der Waals surface area (Å²) in [6.45, 7) is -0.731. The summed E-state index contributed by atoms with van der Waals surface area (Å²) in [6, 6.07) is 0. The summed E-state index contributed by atoms with van der Waals surface area (Å²) >= 11 is 3.28. The number of rotatable bonds is 6. The van der Waals surface area contributed by atoms with Crippen LogP contribution in [-0.4, -0.2) is 55.0 Å². The van der Waals surface area contributed by atoms with Crippen LogP contribution in [-0.2, 0) is 6.54 Å². The average molecular weight is 331 g/mol. The summed E-state index contributed by atoms with van der Waals surface area (Å²) in [5.41, 5.74) is 0.425. The van der Waals surface area contributed by atoms with Gasteiger partial charge in [-0.3, -0.25) is 9.72 Å². The second kappa shape index (κ2) is 5.93. The molecule has 0 aliphatic carbocycles. The highest BCUT2D eigenvalue weighted by atomic mass is 79.9. The molecule has 4 N–H and O–H groups in total. The molecule has 2 heterocycles. The van der Waals surface area contributed by atoms with Gasteiger partial charge < -0.3 is 15.3 Å². The van der Waals surface area contributed by atoms with Crippen molar-refractivity contribution in [2.45, 2.75) is 12.1 Å². The number of aliphatic hydroxyl groups excluding tert-OH is 3. The first-order chi connectivity index (χ1) is 9.14. The first kappa shape index (κ1) is 14.4. The molecule has 0 amide bonds. The fourth-order valence-corrected chi connectivity index (χ4v) is 1.95. The number of nitrogens with one attached hydrogen (secondary N) is 1. The number of hydrogen-bond donors (Lipinski definition) is 4. The number of aliphatic hydroxyl groups is 3. The maximum atomic E-state index is 9.24. The Labute approximate surface area is 118 Å². The molecule has 2 aromatic rings. The molecule has 19 heavy (non-hydrogen) atoms. The topological polar surface area (TPSA) is 103 Å². The molecular formula is C11H15BrN4O3. The molecule has 0 fully saturated rings. The van der Waals surface area contributed by atoms with Crippen molar-refractivity contribution >= 4 is 21.6 Å². The lowest BCUT2D eigenvalue weighted by Crippen LogP contribution is -2.54. The lowest BCUT2D eigenvalue weighted by Gasteiger charge is -2.28. The van der Waals surface area contributed by atoms with Crippen LogP contribution >= 0.6 is 15.9 Å². The number of hydrogen-bond acceptors (Lipinski definition) is 6. The van der Waals surface area contributed by atoms with Crippen molar-refractivity contribution in [2.75, 3.05) is 19.8 Å². The number of fused-ring (bicyclic) bond motifs is 1. The smallest absolute Gasteiger partial charge is 0.155 e. The molecule has 0 saturated carbocycles. The normalized spacial score (nSPS) is 12.2. The van der Waals surface area contributed by atoms with Gasteiger partial charge in [-0.05, 0) is 15.9 Å². The lowest BCUT2D eigenvalue weighted by atomic mass is 10.0. The van der Waals surface area contributed by atoms with E-state index in [9.17, 15) is 15.3 Å². The zero-order valence-electron chi connectivity index (χ0n) is 10.1. The van der Waals surface area contributed by atoms with Crippen LogP contribution in [0.5, 0.6) is 0 Å². The van der Waals surface area contributed by atoms with E-state index < -0.39 is 5.54 Å². The Morgan fingerprint density at radius 1 is 1.16 bits per heavy atom. The SMILES string of the molecule is OCC(CO)(CO)NCc1cnc2cnc(Br)cn12. The predicted molar refractivity (Wildman–Crippen MR) is 71.5 cm³/mol. The van der Waals surface area contributed by atoms with Crippen molar-refractivity contribution in [1.82, 2.24) is 19.7 Å². The summed E-state index contributed by atoms with van der Waals surface area (Å²) in [5.74, 6) is 0. The van der Waals surface area contributed by atoms with E-state index in [4.69, 9.17) is 0 Å². The summed E-state index contributed by atoms with van der Waals surface area (Å²) < 4.78 is 2.51. The van der Waals surface area contributed by atoms with E-state index in [1.807, 2.05) is 4.40 Å². The molecule has 2 rings (SSSR count). The van der Waals surface area contributed by atoms with Crippen LogP contribution in [0.4, 0.5) is 0 Å². The highest BCUT2D eigenvalue weighted by Crippen LogP contribution is 2.12. The minimum Gasteiger partial charge on any atom is -0.394 e. The first-order valence-corrected chi connectivity index (χ1v) is 6.48. The summed E-state index contributed by atoms with van der Waals surface area (Å²) in [6.07, 6.45) is 5.08. The van der Waals surface area contributed by atoms with Crippen molar-refractivity contribution in [3.63, 3.8) is 0 Å². The van der Waals surface area contributed by atoms with Crippen LogP contribution in [0.25, 0.3) is 5.65 Å². The second-order valence-electron chi connectivity index (χ2n) is 4.30. The van der Waals surface area contributed by atoms with Gasteiger partial charge in [-0.2, -0.15) is 0 Å². The zero-order chi connectivity index (χ0) is 13.9. The Hall–Kier alpha value is -1.06. The monoisotopic (exact) mass is 330 g/mol. The van der Waals surface area contributed by atoms with Gasteiger partial charge in [0.05, 0.1) is 43.4 Å². The summed E-state index contributed by atoms with van der Waals surface area (Å²) in [4.78, 5) is 8.26. The number of halogens is 1. The largest absolute Gasteiger partial charge is 0.394 e. The summed E-state index contributed by atoms with van der Waals surface area (Å²) in [5, 5.41) is 30.7. The summed E-state index contributed by atoms with van der Waals surface area (Å²) in [7, 11) is 0. The molecule has 8 heteroatoms. The van der Waals surface area contributed by atoms with E-state index in [1.165, 1.54) is 0 Å². The molecule has 0 radical (unpaired) electrons. The van der Waals surface area contributed by atoms with Gasteiger partial charge in [0.15, 0.2) is 5.65 Å². The number of aromatic nitrogens is 3. The maximum absolute atomic E-state index is 9.24. The fraction of sp³-hybridized carbons (Fsp3) is 0.455. The van der Waals surface area contributed by atoms with Gasteiger partial charge in [-0.1, -0.05) is 0 Å². The fourth-order valence-electron chi connectivity index (χ4n) is 1.64. The molecule has 0 saturated heterocycles. The molecule has 0 spiro atoms. The maximum Gasteiger partial charge on any atom is 0.155 e. The Morgan fingerprint density at radius 3 is 2.47 bits per heavy atom. The van der Waals surface area contributed by atoms with Gasteiger partial charge >= 0.3 is 0 Å². The van der Waals surface area contributed by atoms with Crippen molar-refractivity contribution in [3.8, 4) is 0 Å². The molecule has 0 aliphatic rings. The van der Waals surface area contributed by atoms with Crippen LogP contribution in [0, 0.1) is 0 Å². The third-order valence-electron chi connectivity index (χ3n) is 2.99. The standard InChI is InChI=1S/C11H15BrN4O3/c12-9-4-16-8(1-14-10(16)3-13-9)2-15-11(5-17,6-18)7-19/h1,3-4,15,17-19H,2,5-7H2. The van der Waals surface area contributed by atoms with Crippen LogP contribution < -0.4 is 5.32 Å². The first-order valence-electron chi connectivity index (χ1n) is 5.69. The quantitative estimate of drug-likeness (QED) is 0.558. The van der Waals surface area contributed by atoms with Gasteiger partial charge in [0.1, 0.15) is 4.60 Å². The molecule has 7 nitrogen and oxygen atoms in total. The van der Waals surface area contributed by atoms with E-state index in [0.717, 1.165) is 5.69 Å². The Kier molecular flexibility index (Phi) is 4.48. The van der Waals surface area contributed by atoms with E-state index in [2.05, 4.69) is 31.2 Å². The number of imidazole rings is 1. The molecular weight excluding hydrogens is 316 g/mol. The van der Waals surface area contributed by atoms with Gasteiger partial charge in [0.2, 0.25) is 0 Å². The lowest BCUT2D eigenvalue weighted by molar-refractivity contribution is 0.0411. The molecule has 104 valence electrons. The molecule has 0 bridgehead atoms. The van der Waals surface area contributed by atoms with Crippen molar-refractivity contribution in [1.29, 1.82) is 0 Å². The third-order valence-corrected chi connectivity index (χ3v) is 3.40. The molecule has 0 aromatic carbocycles. The van der Waals surface area contributed by atoms with Crippen molar-refractivity contribution < 1.29 is 15.3 Å². The van der Waals surface area contributed by atoms with E-state index in [1.54, 1.807) is 18.6 Å².